The zero-order valence-corrected chi connectivity index (χ0v) is 17.8. The topological polar surface area (TPSA) is 110 Å². The number of anilines is 1. The van der Waals surface area contributed by atoms with Crippen LogP contribution in [0.3, 0.4) is 0 Å². The fourth-order valence-electron chi connectivity index (χ4n) is 3.12. The van der Waals surface area contributed by atoms with Gasteiger partial charge < -0.3 is 5.32 Å². The van der Waals surface area contributed by atoms with E-state index >= 15 is 0 Å². The summed E-state index contributed by atoms with van der Waals surface area (Å²) in [5, 5.41) is 13.8. The molecule has 0 saturated heterocycles. The van der Waals surface area contributed by atoms with Crippen molar-refractivity contribution in [3.63, 3.8) is 0 Å². The van der Waals surface area contributed by atoms with E-state index < -0.39 is 15.9 Å². The molecule has 1 N–H and O–H groups in total. The van der Waals surface area contributed by atoms with Gasteiger partial charge in [-0.15, -0.1) is 5.10 Å². The van der Waals surface area contributed by atoms with E-state index in [0.717, 1.165) is 9.87 Å². The van der Waals surface area contributed by atoms with Crippen molar-refractivity contribution >= 4 is 21.6 Å². The first-order valence-corrected chi connectivity index (χ1v) is 11.2. The summed E-state index contributed by atoms with van der Waals surface area (Å²) in [6.07, 6.45) is 1.44. The molecule has 0 saturated carbocycles. The summed E-state index contributed by atoms with van der Waals surface area (Å²) in [5.74, 6) is -0.464. The first-order valence-electron chi connectivity index (χ1n) is 9.75. The van der Waals surface area contributed by atoms with Crippen LogP contribution in [0.15, 0.2) is 96.2 Å². The maximum atomic E-state index is 13.3. The van der Waals surface area contributed by atoms with E-state index in [9.17, 15) is 13.2 Å². The van der Waals surface area contributed by atoms with Gasteiger partial charge in [-0.2, -0.15) is 4.31 Å². The Labute approximate surface area is 185 Å². The molecule has 0 aliphatic heterocycles. The Bertz CT molecular complexity index is 1280. The van der Waals surface area contributed by atoms with Crippen LogP contribution in [0.4, 0.5) is 5.69 Å². The molecule has 0 fully saturated rings. The molecule has 1 aromatic heterocycles. The Morgan fingerprint density at radius 2 is 1.66 bits per heavy atom. The van der Waals surface area contributed by atoms with Crippen molar-refractivity contribution in [3.05, 3.63) is 96.8 Å². The highest BCUT2D eigenvalue weighted by Crippen LogP contribution is 2.19. The molecule has 4 rings (SSSR count). The van der Waals surface area contributed by atoms with Gasteiger partial charge in [0.1, 0.15) is 6.33 Å². The normalized spacial score (nSPS) is 11.4. The molecule has 0 spiro atoms. The molecule has 0 atom stereocenters. The Balaban J connectivity index is 1.55. The Kier molecular flexibility index (Phi) is 6.34. The first kappa shape index (κ1) is 21.3. The number of carbonyl (C=O) groups is 1. The molecule has 4 aromatic rings. The first-order chi connectivity index (χ1) is 15.5. The number of amides is 1. The maximum Gasteiger partial charge on any atom is 0.243 e. The summed E-state index contributed by atoms with van der Waals surface area (Å²) in [6, 6.07) is 24.2. The van der Waals surface area contributed by atoms with E-state index in [1.165, 1.54) is 23.1 Å². The lowest BCUT2D eigenvalue weighted by Gasteiger charge is -2.22. The number of hydrogen-bond acceptors (Lipinski definition) is 6. The molecule has 0 bridgehead atoms. The Morgan fingerprint density at radius 1 is 0.938 bits per heavy atom. The van der Waals surface area contributed by atoms with Crippen LogP contribution in [0.25, 0.3) is 5.69 Å². The molecule has 1 heterocycles. The van der Waals surface area contributed by atoms with Crippen LogP contribution in [-0.2, 0) is 21.4 Å². The van der Waals surface area contributed by atoms with E-state index in [1.807, 2.05) is 30.3 Å². The number of nitrogens with one attached hydrogen (secondary N) is 1. The molecular formula is C22H20N6O3S. The number of rotatable bonds is 8. The summed E-state index contributed by atoms with van der Waals surface area (Å²) < 4.78 is 29.1. The molecule has 0 aliphatic rings. The minimum atomic E-state index is -3.89. The van der Waals surface area contributed by atoms with Crippen LogP contribution < -0.4 is 5.32 Å². The SMILES string of the molecule is O=C(CN(Cc1ccccc1)S(=O)(=O)c1ccccc1)Nc1cccc(-n2cnnn2)c1. The van der Waals surface area contributed by atoms with Crippen LogP contribution in [-0.4, -0.2) is 45.4 Å². The third kappa shape index (κ3) is 5.05. The number of hydrogen-bond donors (Lipinski definition) is 1. The lowest BCUT2D eigenvalue weighted by Crippen LogP contribution is -2.37. The summed E-state index contributed by atoms with van der Waals surface area (Å²) in [7, 11) is -3.89. The summed E-state index contributed by atoms with van der Waals surface area (Å²) in [4.78, 5) is 13.0. The molecule has 1 amide bonds. The minimum absolute atomic E-state index is 0.0656. The highest BCUT2D eigenvalue weighted by atomic mass is 32.2. The molecule has 3 aromatic carbocycles. The van der Waals surface area contributed by atoms with Gasteiger partial charge in [0.05, 0.1) is 17.1 Å². The lowest BCUT2D eigenvalue weighted by molar-refractivity contribution is -0.116. The fraction of sp³-hybridized carbons (Fsp3) is 0.0909. The van der Waals surface area contributed by atoms with E-state index in [4.69, 9.17) is 0 Å². The predicted molar refractivity (Wildman–Crippen MR) is 118 cm³/mol. The number of tetrazole rings is 1. The second kappa shape index (κ2) is 9.50. The van der Waals surface area contributed by atoms with Crippen molar-refractivity contribution in [2.45, 2.75) is 11.4 Å². The van der Waals surface area contributed by atoms with Gasteiger partial charge in [0.2, 0.25) is 15.9 Å². The van der Waals surface area contributed by atoms with Crippen LogP contribution in [0, 0.1) is 0 Å². The van der Waals surface area contributed by atoms with Gasteiger partial charge >= 0.3 is 0 Å². The number of sulfonamides is 1. The second-order valence-corrected chi connectivity index (χ2v) is 8.86. The van der Waals surface area contributed by atoms with E-state index in [1.54, 1.807) is 42.5 Å². The highest BCUT2D eigenvalue weighted by Gasteiger charge is 2.26. The van der Waals surface area contributed by atoms with Gasteiger partial charge in [-0.25, -0.2) is 13.1 Å². The number of aromatic nitrogens is 4. The Morgan fingerprint density at radius 3 is 2.34 bits per heavy atom. The quantitative estimate of drug-likeness (QED) is 0.443. The van der Waals surface area contributed by atoms with Crippen molar-refractivity contribution in [1.29, 1.82) is 0 Å². The van der Waals surface area contributed by atoms with Gasteiger partial charge in [0, 0.05) is 12.2 Å². The number of carbonyl (C=O) groups excluding carboxylic acids is 1. The molecule has 0 aliphatic carbocycles. The number of nitrogens with zero attached hydrogens (tertiary/aromatic N) is 5. The fourth-order valence-corrected chi connectivity index (χ4v) is 4.53. The van der Waals surface area contributed by atoms with Crippen molar-refractivity contribution in [2.75, 3.05) is 11.9 Å². The average Bonchev–Trinajstić information content (AvgIpc) is 3.35. The van der Waals surface area contributed by atoms with E-state index in [-0.39, 0.29) is 18.0 Å². The molecule has 0 unspecified atom stereocenters. The molecule has 32 heavy (non-hydrogen) atoms. The number of benzene rings is 3. The third-order valence-corrected chi connectivity index (χ3v) is 6.45. The maximum absolute atomic E-state index is 13.3. The largest absolute Gasteiger partial charge is 0.325 e. The van der Waals surface area contributed by atoms with Crippen molar-refractivity contribution < 1.29 is 13.2 Å². The van der Waals surface area contributed by atoms with Gasteiger partial charge in [0.15, 0.2) is 0 Å². The van der Waals surface area contributed by atoms with E-state index in [2.05, 4.69) is 20.8 Å². The van der Waals surface area contributed by atoms with Crippen LogP contribution in [0.1, 0.15) is 5.56 Å². The molecule has 10 heteroatoms. The zero-order valence-electron chi connectivity index (χ0n) is 16.9. The smallest absolute Gasteiger partial charge is 0.243 e. The predicted octanol–water partition coefficient (Wildman–Crippen LogP) is 2.49. The second-order valence-electron chi connectivity index (χ2n) is 6.92. The molecule has 0 radical (unpaired) electrons. The van der Waals surface area contributed by atoms with Crippen molar-refractivity contribution in [2.24, 2.45) is 0 Å². The standard InChI is InChI=1S/C22H20N6O3S/c29-22(24-19-10-7-11-20(14-19)28-17-23-25-26-28)16-27(15-18-8-3-1-4-9-18)32(30,31)21-12-5-2-6-13-21/h1-14,17H,15-16H2,(H,24,29). The minimum Gasteiger partial charge on any atom is -0.325 e. The monoisotopic (exact) mass is 448 g/mol. The van der Waals surface area contributed by atoms with Gasteiger partial charge in [0.25, 0.3) is 0 Å². The van der Waals surface area contributed by atoms with E-state index in [0.29, 0.717) is 11.4 Å². The van der Waals surface area contributed by atoms with Crippen LogP contribution in [0.5, 0.6) is 0 Å². The molecule has 162 valence electrons. The van der Waals surface area contributed by atoms with Crippen LogP contribution in [0.2, 0.25) is 0 Å². The average molecular weight is 449 g/mol. The summed E-state index contributed by atoms with van der Waals surface area (Å²) >= 11 is 0. The van der Waals surface area contributed by atoms with Crippen LogP contribution >= 0.6 is 0 Å². The summed E-state index contributed by atoms with van der Waals surface area (Å²) in [6.45, 7) is -0.280. The summed E-state index contributed by atoms with van der Waals surface area (Å²) in [5.41, 5.74) is 1.94. The van der Waals surface area contributed by atoms with Gasteiger partial charge in [-0.05, 0) is 46.3 Å². The molecule has 9 nitrogen and oxygen atoms in total. The molecular weight excluding hydrogens is 428 g/mol. The lowest BCUT2D eigenvalue weighted by atomic mass is 10.2. The zero-order chi connectivity index (χ0) is 22.4. The Hall–Kier alpha value is -3.89. The van der Waals surface area contributed by atoms with Gasteiger partial charge in [-0.1, -0.05) is 54.6 Å². The highest BCUT2D eigenvalue weighted by molar-refractivity contribution is 7.89. The van der Waals surface area contributed by atoms with Crippen molar-refractivity contribution in [1.82, 2.24) is 24.5 Å². The third-order valence-electron chi connectivity index (χ3n) is 4.65. The van der Waals surface area contributed by atoms with Crippen molar-refractivity contribution in [3.8, 4) is 5.69 Å². The van der Waals surface area contributed by atoms with Gasteiger partial charge in [-0.3, -0.25) is 4.79 Å².